The average molecular weight is 234 g/mol. The Morgan fingerprint density at radius 3 is 2.65 bits per heavy atom. The molecular weight excluding hydrogens is 212 g/mol. The Kier molecular flexibility index (Phi) is 7.35. The molecule has 1 aromatic rings. The molecule has 1 rings (SSSR count). The highest BCUT2D eigenvalue weighted by atomic mass is 16.7. The van der Waals surface area contributed by atoms with Gasteiger partial charge in [-0.3, -0.25) is 0 Å². The van der Waals surface area contributed by atoms with Gasteiger partial charge in [-0.15, -0.1) is 0 Å². The van der Waals surface area contributed by atoms with E-state index in [0.29, 0.717) is 6.61 Å². The molecule has 0 amide bonds. The predicted octanol–water partition coefficient (Wildman–Crippen LogP) is 3.88. The summed E-state index contributed by atoms with van der Waals surface area (Å²) in [4.78, 5) is 0. The van der Waals surface area contributed by atoms with Gasteiger partial charge < -0.3 is 9.47 Å². The quantitative estimate of drug-likeness (QED) is 0.502. The fraction of sp³-hybridized carbons (Fsp3) is 0.467. The SMILES string of the molecule is CCCCO[C@H](C)OC/C=C/c1ccccc1. The third kappa shape index (κ3) is 6.93. The van der Waals surface area contributed by atoms with Gasteiger partial charge in [-0.05, 0) is 18.9 Å². The second kappa shape index (κ2) is 8.97. The highest BCUT2D eigenvalue weighted by Crippen LogP contribution is 2.02. The Labute approximate surface area is 104 Å². The molecule has 2 nitrogen and oxygen atoms in total. The van der Waals surface area contributed by atoms with Crippen molar-refractivity contribution in [3.63, 3.8) is 0 Å². The second-order valence-electron chi connectivity index (χ2n) is 3.94. The summed E-state index contributed by atoms with van der Waals surface area (Å²) < 4.78 is 11.0. The van der Waals surface area contributed by atoms with Crippen LogP contribution in [0, 0.1) is 0 Å². The van der Waals surface area contributed by atoms with Crippen molar-refractivity contribution in [1.82, 2.24) is 0 Å². The van der Waals surface area contributed by atoms with E-state index >= 15 is 0 Å². The van der Waals surface area contributed by atoms with Crippen molar-refractivity contribution >= 4 is 6.08 Å². The largest absolute Gasteiger partial charge is 0.353 e. The van der Waals surface area contributed by atoms with Gasteiger partial charge in [-0.25, -0.2) is 0 Å². The van der Waals surface area contributed by atoms with Gasteiger partial charge in [0.25, 0.3) is 0 Å². The third-order valence-electron chi connectivity index (χ3n) is 2.39. The number of rotatable bonds is 8. The molecule has 17 heavy (non-hydrogen) atoms. The minimum atomic E-state index is -0.123. The molecule has 0 aliphatic rings. The lowest BCUT2D eigenvalue weighted by Gasteiger charge is -2.12. The third-order valence-corrected chi connectivity index (χ3v) is 2.39. The second-order valence-corrected chi connectivity index (χ2v) is 3.94. The number of unbranched alkanes of at least 4 members (excludes halogenated alkanes) is 1. The highest BCUT2D eigenvalue weighted by Gasteiger charge is 1.98. The normalized spacial score (nSPS) is 13.1. The number of ether oxygens (including phenoxy) is 2. The topological polar surface area (TPSA) is 18.5 Å². The van der Waals surface area contributed by atoms with E-state index in [1.54, 1.807) is 0 Å². The van der Waals surface area contributed by atoms with Crippen molar-refractivity contribution in [2.45, 2.75) is 33.0 Å². The molecular formula is C15H22O2. The van der Waals surface area contributed by atoms with Crippen LogP contribution in [0.3, 0.4) is 0 Å². The first-order valence-electron chi connectivity index (χ1n) is 6.27. The zero-order valence-corrected chi connectivity index (χ0v) is 10.8. The smallest absolute Gasteiger partial charge is 0.155 e. The first-order valence-corrected chi connectivity index (χ1v) is 6.27. The first-order chi connectivity index (χ1) is 8.33. The summed E-state index contributed by atoms with van der Waals surface area (Å²) in [5.41, 5.74) is 1.19. The van der Waals surface area contributed by atoms with Crippen molar-refractivity contribution in [1.29, 1.82) is 0 Å². The van der Waals surface area contributed by atoms with Gasteiger partial charge in [0.2, 0.25) is 0 Å². The van der Waals surface area contributed by atoms with Crippen molar-refractivity contribution in [2.75, 3.05) is 13.2 Å². The van der Waals surface area contributed by atoms with E-state index < -0.39 is 0 Å². The molecule has 2 heteroatoms. The van der Waals surface area contributed by atoms with E-state index in [4.69, 9.17) is 9.47 Å². The summed E-state index contributed by atoms with van der Waals surface area (Å²) in [6.45, 7) is 5.45. The van der Waals surface area contributed by atoms with Crippen LogP contribution in [0.5, 0.6) is 0 Å². The van der Waals surface area contributed by atoms with Crippen LogP contribution in [0.4, 0.5) is 0 Å². The van der Waals surface area contributed by atoms with Crippen molar-refractivity contribution in [3.05, 3.63) is 42.0 Å². The van der Waals surface area contributed by atoms with Crippen LogP contribution in [0.15, 0.2) is 36.4 Å². The first kappa shape index (κ1) is 13.9. The minimum absolute atomic E-state index is 0.123. The molecule has 0 bridgehead atoms. The van der Waals surface area contributed by atoms with E-state index in [1.165, 1.54) is 5.56 Å². The molecule has 0 N–H and O–H groups in total. The van der Waals surface area contributed by atoms with Crippen LogP contribution in [0.1, 0.15) is 32.3 Å². The molecule has 0 aromatic heterocycles. The summed E-state index contributed by atoms with van der Waals surface area (Å²) in [5.74, 6) is 0. The highest BCUT2D eigenvalue weighted by molar-refractivity contribution is 5.48. The summed E-state index contributed by atoms with van der Waals surface area (Å²) >= 11 is 0. The number of benzene rings is 1. The maximum absolute atomic E-state index is 5.50. The van der Waals surface area contributed by atoms with E-state index in [9.17, 15) is 0 Å². The minimum Gasteiger partial charge on any atom is -0.353 e. The maximum Gasteiger partial charge on any atom is 0.155 e. The Morgan fingerprint density at radius 2 is 1.94 bits per heavy atom. The van der Waals surface area contributed by atoms with Crippen LogP contribution >= 0.6 is 0 Å². The zero-order chi connectivity index (χ0) is 12.3. The molecule has 0 fully saturated rings. The van der Waals surface area contributed by atoms with Crippen LogP contribution in [-0.4, -0.2) is 19.5 Å². The van der Waals surface area contributed by atoms with Crippen LogP contribution < -0.4 is 0 Å². The molecule has 0 aliphatic carbocycles. The van der Waals surface area contributed by atoms with Gasteiger partial charge in [0.1, 0.15) is 0 Å². The van der Waals surface area contributed by atoms with E-state index in [0.717, 1.165) is 19.4 Å². The Bertz CT molecular complexity index is 306. The average Bonchev–Trinajstić information content (AvgIpc) is 2.36. The fourth-order valence-corrected chi connectivity index (χ4v) is 1.38. The summed E-state index contributed by atoms with van der Waals surface area (Å²) in [6, 6.07) is 10.2. The Hall–Kier alpha value is -1.12. The molecule has 0 aliphatic heterocycles. The molecule has 0 saturated heterocycles. The molecule has 0 radical (unpaired) electrons. The van der Waals surface area contributed by atoms with Crippen LogP contribution in [0.25, 0.3) is 6.08 Å². The van der Waals surface area contributed by atoms with Crippen molar-refractivity contribution in [3.8, 4) is 0 Å². The van der Waals surface area contributed by atoms with E-state index in [2.05, 4.69) is 25.1 Å². The van der Waals surface area contributed by atoms with E-state index in [-0.39, 0.29) is 6.29 Å². The van der Waals surface area contributed by atoms with Gasteiger partial charge in [-0.2, -0.15) is 0 Å². The summed E-state index contributed by atoms with van der Waals surface area (Å²) in [6.07, 6.45) is 6.18. The van der Waals surface area contributed by atoms with Gasteiger partial charge in [0.15, 0.2) is 6.29 Å². The Morgan fingerprint density at radius 1 is 1.18 bits per heavy atom. The number of hydrogen-bond acceptors (Lipinski definition) is 2. The summed E-state index contributed by atoms with van der Waals surface area (Å²) in [7, 11) is 0. The summed E-state index contributed by atoms with van der Waals surface area (Å²) in [5, 5.41) is 0. The van der Waals surface area contributed by atoms with Crippen LogP contribution in [-0.2, 0) is 9.47 Å². The molecule has 0 spiro atoms. The van der Waals surface area contributed by atoms with Gasteiger partial charge in [0, 0.05) is 6.61 Å². The van der Waals surface area contributed by atoms with Gasteiger partial charge in [0.05, 0.1) is 6.61 Å². The lowest BCUT2D eigenvalue weighted by Crippen LogP contribution is -2.13. The molecule has 1 aromatic carbocycles. The van der Waals surface area contributed by atoms with Crippen molar-refractivity contribution < 1.29 is 9.47 Å². The van der Waals surface area contributed by atoms with E-state index in [1.807, 2.05) is 31.2 Å². The van der Waals surface area contributed by atoms with Gasteiger partial charge in [-0.1, -0.05) is 55.8 Å². The molecule has 0 heterocycles. The Balaban J connectivity index is 2.12. The molecule has 1 atom stereocenters. The predicted molar refractivity (Wildman–Crippen MR) is 71.8 cm³/mol. The fourth-order valence-electron chi connectivity index (χ4n) is 1.38. The molecule has 0 saturated carbocycles. The van der Waals surface area contributed by atoms with Crippen LogP contribution in [0.2, 0.25) is 0 Å². The lowest BCUT2D eigenvalue weighted by atomic mass is 10.2. The molecule has 94 valence electrons. The monoisotopic (exact) mass is 234 g/mol. The maximum atomic E-state index is 5.50. The standard InChI is InChI=1S/C15H22O2/c1-3-4-12-16-14(2)17-13-8-11-15-9-6-5-7-10-15/h5-11,14H,3-4,12-13H2,1-2H3/b11-8+/t14-/m0/s1. The number of hydrogen-bond donors (Lipinski definition) is 0. The molecule has 0 unspecified atom stereocenters. The zero-order valence-electron chi connectivity index (χ0n) is 10.8. The van der Waals surface area contributed by atoms with Crippen molar-refractivity contribution in [2.24, 2.45) is 0 Å². The van der Waals surface area contributed by atoms with Gasteiger partial charge >= 0.3 is 0 Å². The lowest BCUT2D eigenvalue weighted by molar-refractivity contribution is -0.122.